The third kappa shape index (κ3) is 2.41. The van der Waals surface area contributed by atoms with Crippen molar-refractivity contribution in [2.24, 2.45) is 12.8 Å². The Balaban J connectivity index is 1.71. The lowest BCUT2D eigenvalue weighted by molar-refractivity contribution is 0.171. The quantitative estimate of drug-likeness (QED) is 0.534. The average Bonchev–Trinajstić information content (AvgIpc) is 3.37. The third-order valence-electron chi connectivity index (χ3n) is 5.32. The Kier molecular flexibility index (Phi) is 3.54. The summed E-state index contributed by atoms with van der Waals surface area (Å²) in [5, 5.41) is 12.5. The van der Waals surface area contributed by atoms with Crippen LogP contribution in [0, 0.1) is 0 Å². The summed E-state index contributed by atoms with van der Waals surface area (Å²) < 4.78 is 22.2. The van der Waals surface area contributed by atoms with E-state index >= 15 is 0 Å². The van der Waals surface area contributed by atoms with Gasteiger partial charge in [-0.05, 0) is 24.1 Å². The van der Waals surface area contributed by atoms with Gasteiger partial charge in [0.05, 0.1) is 30.7 Å². The normalized spacial score (nSPS) is 18.6. The van der Waals surface area contributed by atoms with E-state index in [0.29, 0.717) is 29.0 Å². The van der Waals surface area contributed by atoms with Crippen LogP contribution in [0.4, 0.5) is 4.39 Å². The number of methoxy groups -OCH3 is 1. The molecule has 8 heteroatoms. The molecule has 1 atom stereocenters. The molecule has 3 N–H and O–H groups in total. The predicted molar refractivity (Wildman–Crippen MR) is 103 cm³/mol. The number of aromatic amines is 1. The van der Waals surface area contributed by atoms with Crippen molar-refractivity contribution in [1.82, 2.24) is 25.0 Å². The van der Waals surface area contributed by atoms with E-state index in [0.717, 1.165) is 27.7 Å². The Bertz CT molecular complexity index is 1210. The number of ether oxygens (including phenoxy) is 1. The number of nitrogens with two attached hydrogens (primary N) is 1. The van der Waals surface area contributed by atoms with Crippen LogP contribution >= 0.6 is 0 Å². The number of nitrogens with one attached hydrogen (secondary N) is 1. The number of nitrogens with zero attached hydrogens (tertiary/aromatic N) is 4. The fourth-order valence-corrected chi connectivity index (χ4v) is 3.97. The Hall–Kier alpha value is -3.26. The van der Waals surface area contributed by atoms with E-state index in [1.165, 1.54) is 7.11 Å². The van der Waals surface area contributed by atoms with Gasteiger partial charge in [0, 0.05) is 41.7 Å². The van der Waals surface area contributed by atoms with Crippen molar-refractivity contribution in [1.29, 1.82) is 0 Å². The summed E-state index contributed by atoms with van der Waals surface area (Å²) >= 11 is 0. The number of benzene rings is 1. The van der Waals surface area contributed by atoms with Crippen molar-refractivity contribution >= 4 is 10.9 Å². The van der Waals surface area contributed by atoms with Crippen LogP contribution in [0.2, 0.25) is 0 Å². The molecule has 142 valence electrons. The lowest BCUT2D eigenvalue weighted by Gasteiger charge is -2.20. The highest BCUT2D eigenvalue weighted by molar-refractivity contribution is 5.94. The van der Waals surface area contributed by atoms with Crippen LogP contribution in [-0.4, -0.2) is 32.1 Å². The first-order chi connectivity index (χ1) is 13.5. The largest absolute Gasteiger partial charge is 0.496 e. The van der Waals surface area contributed by atoms with E-state index in [2.05, 4.69) is 20.3 Å². The average molecular weight is 378 g/mol. The maximum Gasteiger partial charge on any atom is 0.189 e. The van der Waals surface area contributed by atoms with Gasteiger partial charge in [-0.15, -0.1) is 0 Å². The molecule has 0 spiro atoms. The SMILES string of the molecule is COc1c(-c2cc3c(-c4cnn(C)c4)n[nH]c3cn2)ccc2c1C(N)(F)CC2. The highest BCUT2D eigenvalue weighted by atomic mass is 19.1. The molecule has 7 nitrogen and oxygen atoms in total. The van der Waals surface area contributed by atoms with Gasteiger partial charge in [0.15, 0.2) is 5.79 Å². The topological polar surface area (TPSA) is 94.6 Å². The highest BCUT2D eigenvalue weighted by Gasteiger charge is 2.39. The van der Waals surface area contributed by atoms with Crippen LogP contribution in [0.3, 0.4) is 0 Å². The van der Waals surface area contributed by atoms with Crippen LogP contribution in [-0.2, 0) is 19.3 Å². The fourth-order valence-electron chi connectivity index (χ4n) is 3.97. The molecule has 0 amide bonds. The Morgan fingerprint density at radius 1 is 1.32 bits per heavy atom. The van der Waals surface area contributed by atoms with E-state index in [-0.39, 0.29) is 6.42 Å². The number of fused-ring (bicyclic) bond motifs is 2. The second-order valence-electron chi connectivity index (χ2n) is 7.13. The van der Waals surface area contributed by atoms with Crippen LogP contribution in [0.15, 0.2) is 36.8 Å². The van der Waals surface area contributed by atoms with E-state index in [1.807, 2.05) is 31.4 Å². The van der Waals surface area contributed by atoms with Gasteiger partial charge in [-0.25, -0.2) is 4.39 Å². The molecule has 0 saturated heterocycles. The summed E-state index contributed by atoms with van der Waals surface area (Å²) in [4.78, 5) is 4.54. The molecule has 0 bridgehead atoms. The first-order valence-electron chi connectivity index (χ1n) is 8.99. The standard InChI is InChI=1S/C20H19FN6O/c1-27-10-12(8-24-27)18-14-7-15(23-9-16(14)25-26-18)13-4-3-11-5-6-20(21,22)17(11)19(13)28-2/h3-4,7-10H,5-6,22H2,1-2H3,(H,25,26). The van der Waals surface area contributed by atoms with E-state index in [9.17, 15) is 4.39 Å². The van der Waals surface area contributed by atoms with Crippen molar-refractivity contribution < 1.29 is 9.13 Å². The molecular formula is C20H19FN6O. The minimum Gasteiger partial charge on any atom is -0.496 e. The van der Waals surface area contributed by atoms with Gasteiger partial charge in [0.25, 0.3) is 0 Å². The first kappa shape index (κ1) is 16.9. The summed E-state index contributed by atoms with van der Waals surface area (Å²) in [5.41, 5.74) is 11.1. The molecule has 1 aliphatic carbocycles. The van der Waals surface area contributed by atoms with Crippen LogP contribution in [0.25, 0.3) is 33.4 Å². The zero-order valence-electron chi connectivity index (χ0n) is 15.5. The lowest BCUT2D eigenvalue weighted by Crippen LogP contribution is -2.28. The molecule has 3 aromatic heterocycles. The molecule has 0 aliphatic heterocycles. The zero-order chi connectivity index (χ0) is 19.5. The molecule has 1 aliphatic rings. The molecule has 3 heterocycles. The summed E-state index contributed by atoms with van der Waals surface area (Å²) in [5.74, 6) is -1.45. The minimum atomic E-state index is -1.89. The number of aryl methyl sites for hydroxylation is 2. The fraction of sp³-hybridized carbons (Fsp3) is 0.250. The first-order valence-corrected chi connectivity index (χ1v) is 8.99. The minimum absolute atomic E-state index is 0.251. The number of hydrogen-bond donors (Lipinski definition) is 2. The summed E-state index contributed by atoms with van der Waals surface area (Å²) in [6.07, 6.45) is 6.23. The van der Waals surface area contributed by atoms with Gasteiger partial charge in [-0.3, -0.25) is 20.5 Å². The molecule has 4 aromatic rings. The predicted octanol–water partition coefficient (Wildman–Crippen LogP) is 3.06. The number of halogens is 1. The van der Waals surface area contributed by atoms with Gasteiger partial charge in [0.2, 0.25) is 0 Å². The molecule has 28 heavy (non-hydrogen) atoms. The number of pyridine rings is 1. The van der Waals surface area contributed by atoms with Crippen molar-refractivity contribution in [3.8, 4) is 28.3 Å². The van der Waals surface area contributed by atoms with Crippen molar-refractivity contribution in [2.45, 2.75) is 18.6 Å². The Morgan fingerprint density at radius 3 is 2.93 bits per heavy atom. The van der Waals surface area contributed by atoms with Gasteiger partial charge >= 0.3 is 0 Å². The zero-order valence-corrected chi connectivity index (χ0v) is 15.5. The number of alkyl halides is 1. The maximum absolute atomic E-state index is 14.9. The van der Waals surface area contributed by atoms with Crippen LogP contribution in [0.5, 0.6) is 5.75 Å². The van der Waals surface area contributed by atoms with E-state index in [1.54, 1.807) is 17.1 Å². The second-order valence-corrected chi connectivity index (χ2v) is 7.13. The Labute approximate surface area is 160 Å². The van der Waals surface area contributed by atoms with Crippen molar-refractivity contribution in [3.63, 3.8) is 0 Å². The molecule has 0 saturated carbocycles. The molecule has 5 rings (SSSR count). The molecular weight excluding hydrogens is 359 g/mol. The number of H-pyrrole nitrogens is 1. The van der Waals surface area contributed by atoms with Gasteiger partial charge < -0.3 is 4.74 Å². The monoisotopic (exact) mass is 378 g/mol. The number of aromatic nitrogens is 5. The Morgan fingerprint density at radius 2 is 2.18 bits per heavy atom. The number of rotatable bonds is 3. The van der Waals surface area contributed by atoms with Crippen molar-refractivity contribution in [2.75, 3.05) is 7.11 Å². The second kappa shape index (κ2) is 5.87. The molecule has 1 unspecified atom stereocenters. The summed E-state index contributed by atoms with van der Waals surface area (Å²) in [6, 6.07) is 5.75. The summed E-state index contributed by atoms with van der Waals surface area (Å²) in [7, 11) is 3.39. The maximum atomic E-state index is 14.9. The van der Waals surface area contributed by atoms with Gasteiger partial charge in [-0.2, -0.15) is 10.2 Å². The van der Waals surface area contributed by atoms with Gasteiger partial charge in [0.1, 0.15) is 11.4 Å². The highest BCUT2D eigenvalue weighted by Crippen LogP contribution is 2.46. The molecule has 0 fully saturated rings. The van der Waals surface area contributed by atoms with Crippen molar-refractivity contribution in [3.05, 3.63) is 47.9 Å². The molecule has 0 radical (unpaired) electrons. The van der Waals surface area contributed by atoms with Crippen LogP contribution < -0.4 is 10.5 Å². The van der Waals surface area contributed by atoms with E-state index in [4.69, 9.17) is 10.5 Å². The smallest absolute Gasteiger partial charge is 0.189 e. The molecule has 1 aromatic carbocycles. The van der Waals surface area contributed by atoms with Crippen LogP contribution in [0.1, 0.15) is 17.5 Å². The van der Waals surface area contributed by atoms with E-state index < -0.39 is 5.79 Å². The lowest BCUT2D eigenvalue weighted by atomic mass is 9.98. The van der Waals surface area contributed by atoms with Gasteiger partial charge in [-0.1, -0.05) is 6.07 Å². The number of hydrogen-bond acceptors (Lipinski definition) is 5. The summed E-state index contributed by atoms with van der Waals surface area (Å²) in [6.45, 7) is 0. The third-order valence-corrected chi connectivity index (χ3v) is 5.32.